The lowest BCUT2D eigenvalue weighted by Crippen LogP contribution is -2.38. The van der Waals surface area contributed by atoms with Crippen LogP contribution < -0.4 is 5.32 Å². The maximum absolute atomic E-state index is 13.7. The van der Waals surface area contributed by atoms with Gasteiger partial charge >= 0.3 is 0 Å². The molecule has 2 nitrogen and oxygen atoms in total. The molecule has 1 unspecified atom stereocenters. The summed E-state index contributed by atoms with van der Waals surface area (Å²) in [7, 11) is 0. The molecule has 1 saturated carbocycles. The van der Waals surface area contributed by atoms with Crippen LogP contribution in [0.1, 0.15) is 31.2 Å². The molecule has 1 aliphatic carbocycles. The van der Waals surface area contributed by atoms with Crippen LogP contribution in [0.5, 0.6) is 0 Å². The molecular formula is C15H20F2N2. The van der Waals surface area contributed by atoms with E-state index in [4.69, 9.17) is 0 Å². The Morgan fingerprint density at radius 2 is 2.05 bits per heavy atom. The lowest BCUT2D eigenvalue weighted by atomic mass is 10.1. The Morgan fingerprint density at radius 3 is 2.68 bits per heavy atom. The Labute approximate surface area is 112 Å². The van der Waals surface area contributed by atoms with Crippen LogP contribution >= 0.6 is 0 Å². The van der Waals surface area contributed by atoms with E-state index in [0.29, 0.717) is 24.2 Å². The third-order valence-electron chi connectivity index (χ3n) is 4.07. The van der Waals surface area contributed by atoms with E-state index in [0.717, 1.165) is 19.2 Å². The quantitative estimate of drug-likeness (QED) is 0.881. The highest BCUT2D eigenvalue weighted by molar-refractivity contribution is 5.18. The summed E-state index contributed by atoms with van der Waals surface area (Å²) in [6.07, 6.45) is 4.84. The van der Waals surface area contributed by atoms with Gasteiger partial charge in [-0.25, -0.2) is 8.78 Å². The largest absolute Gasteiger partial charge is 0.313 e. The highest BCUT2D eigenvalue weighted by atomic mass is 19.1. The molecule has 2 fully saturated rings. The normalized spacial score (nSPS) is 23.2. The first kappa shape index (κ1) is 13.0. The summed E-state index contributed by atoms with van der Waals surface area (Å²) in [5.74, 6) is -0.929. The van der Waals surface area contributed by atoms with Gasteiger partial charge in [-0.3, -0.25) is 4.90 Å². The van der Waals surface area contributed by atoms with Gasteiger partial charge in [-0.05, 0) is 38.3 Å². The van der Waals surface area contributed by atoms with E-state index in [1.165, 1.54) is 31.7 Å². The maximum Gasteiger partial charge on any atom is 0.130 e. The maximum atomic E-state index is 13.7. The van der Waals surface area contributed by atoms with Crippen LogP contribution in [0.3, 0.4) is 0 Å². The molecule has 104 valence electrons. The van der Waals surface area contributed by atoms with E-state index in [9.17, 15) is 8.78 Å². The molecule has 1 aromatic rings. The predicted molar refractivity (Wildman–Crippen MR) is 70.8 cm³/mol. The molecule has 1 heterocycles. The molecule has 3 rings (SSSR count). The number of benzene rings is 1. The fraction of sp³-hybridized carbons (Fsp3) is 0.600. The first-order valence-corrected chi connectivity index (χ1v) is 7.14. The van der Waals surface area contributed by atoms with Gasteiger partial charge in [0.1, 0.15) is 11.6 Å². The monoisotopic (exact) mass is 266 g/mol. The van der Waals surface area contributed by atoms with Gasteiger partial charge in [0.2, 0.25) is 0 Å². The van der Waals surface area contributed by atoms with E-state index in [1.54, 1.807) is 6.07 Å². The summed E-state index contributed by atoms with van der Waals surface area (Å²) in [6, 6.07) is 5.02. The lowest BCUT2D eigenvalue weighted by molar-refractivity contribution is 0.228. The van der Waals surface area contributed by atoms with Crippen molar-refractivity contribution in [1.82, 2.24) is 10.2 Å². The number of hydrogen-bond donors (Lipinski definition) is 1. The van der Waals surface area contributed by atoms with Crippen molar-refractivity contribution >= 4 is 0 Å². The van der Waals surface area contributed by atoms with Crippen molar-refractivity contribution in [2.45, 2.75) is 44.3 Å². The fourth-order valence-corrected chi connectivity index (χ4v) is 2.85. The molecule has 0 aromatic heterocycles. The fourth-order valence-electron chi connectivity index (χ4n) is 2.85. The first-order valence-electron chi connectivity index (χ1n) is 7.14. The zero-order valence-corrected chi connectivity index (χ0v) is 11.0. The topological polar surface area (TPSA) is 15.3 Å². The molecule has 0 amide bonds. The van der Waals surface area contributed by atoms with E-state index < -0.39 is 11.6 Å². The average Bonchev–Trinajstić information content (AvgIpc) is 3.10. The summed E-state index contributed by atoms with van der Waals surface area (Å²) in [4.78, 5) is 2.35. The van der Waals surface area contributed by atoms with E-state index >= 15 is 0 Å². The van der Waals surface area contributed by atoms with E-state index in [-0.39, 0.29) is 0 Å². The van der Waals surface area contributed by atoms with Crippen LogP contribution in [0.4, 0.5) is 8.78 Å². The van der Waals surface area contributed by atoms with Gasteiger partial charge in [-0.1, -0.05) is 6.07 Å². The second-order valence-corrected chi connectivity index (χ2v) is 5.69. The summed E-state index contributed by atoms with van der Waals surface area (Å²) >= 11 is 0. The molecule has 0 radical (unpaired) electrons. The van der Waals surface area contributed by atoms with Crippen molar-refractivity contribution < 1.29 is 8.78 Å². The zero-order valence-electron chi connectivity index (χ0n) is 11.0. The Bertz CT molecular complexity index is 440. The number of hydrogen-bond acceptors (Lipinski definition) is 2. The molecule has 4 heteroatoms. The number of nitrogens with one attached hydrogen (secondary N) is 1. The summed E-state index contributed by atoms with van der Waals surface area (Å²) < 4.78 is 26.6. The molecular weight excluding hydrogens is 246 g/mol. The average molecular weight is 266 g/mol. The van der Waals surface area contributed by atoms with Crippen LogP contribution in [0, 0.1) is 11.6 Å². The SMILES string of the molecule is Fc1ccc(CN(CC2CCCN2)C2CC2)c(F)c1. The standard InChI is InChI=1S/C15H20F2N2/c16-12-4-3-11(15(17)8-12)9-19(14-5-6-14)10-13-2-1-7-18-13/h3-4,8,13-14,18H,1-2,5-7,9-10H2. The second kappa shape index (κ2) is 5.55. The van der Waals surface area contributed by atoms with Gasteiger partial charge in [-0.15, -0.1) is 0 Å². The first-order chi connectivity index (χ1) is 9.22. The molecule has 0 bridgehead atoms. The van der Waals surface area contributed by atoms with Crippen LogP contribution in [0.2, 0.25) is 0 Å². The Hall–Kier alpha value is -1.00. The van der Waals surface area contributed by atoms with Crippen LogP contribution in [0.25, 0.3) is 0 Å². The van der Waals surface area contributed by atoms with E-state index in [2.05, 4.69) is 10.2 Å². The third-order valence-corrected chi connectivity index (χ3v) is 4.07. The van der Waals surface area contributed by atoms with Crippen LogP contribution in [-0.4, -0.2) is 30.1 Å². The Kier molecular flexibility index (Phi) is 3.80. The number of rotatable bonds is 5. The predicted octanol–water partition coefficient (Wildman–Crippen LogP) is 2.68. The Morgan fingerprint density at radius 1 is 1.21 bits per heavy atom. The number of nitrogens with zero attached hydrogens (tertiary/aromatic N) is 1. The zero-order chi connectivity index (χ0) is 13.2. The van der Waals surface area contributed by atoms with Gasteiger partial charge in [0, 0.05) is 36.8 Å². The van der Waals surface area contributed by atoms with Crippen LogP contribution in [-0.2, 0) is 6.54 Å². The van der Waals surface area contributed by atoms with Gasteiger partial charge in [0.25, 0.3) is 0 Å². The molecule has 1 N–H and O–H groups in total. The highest BCUT2D eigenvalue weighted by Gasteiger charge is 2.31. The second-order valence-electron chi connectivity index (χ2n) is 5.69. The van der Waals surface area contributed by atoms with Crippen molar-refractivity contribution in [2.24, 2.45) is 0 Å². The van der Waals surface area contributed by atoms with E-state index in [1.807, 2.05) is 0 Å². The summed E-state index contributed by atoms with van der Waals surface area (Å²) in [5, 5.41) is 3.48. The minimum Gasteiger partial charge on any atom is -0.313 e. The summed E-state index contributed by atoms with van der Waals surface area (Å²) in [6.45, 7) is 2.66. The molecule has 1 aromatic carbocycles. The lowest BCUT2D eigenvalue weighted by Gasteiger charge is -2.25. The molecule has 1 saturated heterocycles. The van der Waals surface area contributed by atoms with Crippen molar-refractivity contribution in [3.8, 4) is 0 Å². The van der Waals surface area contributed by atoms with Crippen molar-refractivity contribution in [1.29, 1.82) is 0 Å². The third kappa shape index (κ3) is 3.31. The van der Waals surface area contributed by atoms with Gasteiger partial charge in [-0.2, -0.15) is 0 Å². The molecule has 1 aliphatic heterocycles. The summed E-state index contributed by atoms with van der Waals surface area (Å²) in [5.41, 5.74) is 0.603. The molecule has 2 aliphatic rings. The van der Waals surface area contributed by atoms with Crippen LogP contribution in [0.15, 0.2) is 18.2 Å². The Balaban J connectivity index is 1.66. The molecule has 19 heavy (non-hydrogen) atoms. The van der Waals surface area contributed by atoms with Gasteiger partial charge in [0.15, 0.2) is 0 Å². The molecule has 0 spiro atoms. The minimum absolute atomic E-state index is 0.426. The van der Waals surface area contributed by atoms with Crippen molar-refractivity contribution in [2.75, 3.05) is 13.1 Å². The van der Waals surface area contributed by atoms with Crippen molar-refractivity contribution in [3.63, 3.8) is 0 Å². The highest BCUT2D eigenvalue weighted by Crippen LogP contribution is 2.29. The molecule has 1 atom stereocenters. The van der Waals surface area contributed by atoms with Crippen molar-refractivity contribution in [3.05, 3.63) is 35.4 Å². The van der Waals surface area contributed by atoms with Gasteiger partial charge in [0.05, 0.1) is 0 Å². The minimum atomic E-state index is -0.503. The van der Waals surface area contributed by atoms with Gasteiger partial charge < -0.3 is 5.32 Å². The number of halogens is 2. The smallest absolute Gasteiger partial charge is 0.130 e.